The second kappa shape index (κ2) is 12.4. The summed E-state index contributed by atoms with van der Waals surface area (Å²) in [5.74, 6) is -0.266. The molecule has 0 radical (unpaired) electrons. The molecule has 0 aromatic heterocycles. The molecule has 1 aliphatic rings. The molecule has 0 aliphatic carbocycles. The van der Waals surface area contributed by atoms with Gasteiger partial charge in [0.1, 0.15) is 6.04 Å². The highest BCUT2D eigenvalue weighted by atomic mass is 16.2. The van der Waals surface area contributed by atoms with Crippen LogP contribution in [0.4, 0.5) is 0 Å². The highest BCUT2D eigenvalue weighted by Gasteiger charge is 2.34. The molecule has 0 bridgehead atoms. The molecule has 2 aromatic rings. The number of amides is 3. The fraction of sp³-hybridized carbons (Fsp3) is 0.464. The van der Waals surface area contributed by atoms with E-state index in [2.05, 4.69) is 10.6 Å². The minimum Gasteiger partial charge on any atom is -0.352 e. The lowest BCUT2D eigenvalue weighted by Gasteiger charge is -2.36. The zero-order chi connectivity index (χ0) is 24.5. The molecule has 182 valence electrons. The van der Waals surface area contributed by atoms with E-state index in [1.54, 1.807) is 12.1 Å². The fourth-order valence-electron chi connectivity index (χ4n) is 4.30. The number of benzene rings is 2. The molecule has 0 saturated carbocycles. The Hall–Kier alpha value is -3.15. The Kier molecular flexibility index (Phi) is 9.25. The summed E-state index contributed by atoms with van der Waals surface area (Å²) in [5.41, 5.74) is 2.78. The van der Waals surface area contributed by atoms with Crippen LogP contribution in [0.5, 0.6) is 0 Å². The van der Waals surface area contributed by atoms with Gasteiger partial charge in [0.15, 0.2) is 0 Å². The number of hydrogen-bond acceptors (Lipinski definition) is 3. The normalized spacial score (nSPS) is 15.9. The van der Waals surface area contributed by atoms with Crippen molar-refractivity contribution in [3.8, 4) is 0 Å². The van der Waals surface area contributed by atoms with Crippen LogP contribution in [-0.4, -0.2) is 47.8 Å². The van der Waals surface area contributed by atoms with Crippen LogP contribution in [-0.2, 0) is 16.0 Å². The van der Waals surface area contributed by atoms with Crippen molar-refractivity contribution >= 4 is 17.7 Å². The summed E-state index contributed by atoms with van der Waals surface area (Å²) < 4.78 is 0. The maximum Gasteiger partial charge on any atom is 0.251 e. The molecule has 0 spiro atoms. The fourth-order valence-corrected chi connectivity index (χ4v) is 4.30. The second-order valence-corrected chi connectivity index (χ2v) is 9.34. The quantitative estimate of drug-likeness (QED) is 0.592. The van der Waals surface area contributed by atoms with E-state index in [0.717, 1.165) is 24.0 Å². The molecule has 1 aliphatic heterocycles. The first-order chi connectivity index (χ1) is 16.4. The SMILES string of the molecule is CC[C@@H](C)NC(=O)[C@H](NC(=O)c1ccc(C)cc1)C1CCN(C(=O)CCc2ccccc2)CC1. The number of piperidine rings is 1. The summed E-state index contributed by atoms with van der Waals surface area (Å²) >= 11 is 0. The highest BCUT2D eigenvalue weighted by molar-refractivity contribution is 5.97. The number of carbonyl (C=O) groups excluding carboxylic acids is 3. The van der Waals surface area contributed by atoms with E-state index in [1.165, 1.54) is 0 Å². The van der Waals surface area contributed by atoms with Gasteiger partial charge in [-0.3, -0.25) is 14.4 Å². The molecular formula is C28H37N3O3. The topological polar surface area (TPSA) is 78.5 Å². The van der Waals surface area contributed by atoms with E-state index in [0.29, 0.717) is 37.9 Å². The van der Waals surface area contributed by atoms with Crippen LogP contribution < -0.4 is 10.6 Å². The summed E-state index contributed by atoms with van der Waals surface area (Å²) in [6, 6.07) is 16.8. The highest BCUT2D eigenvalue weighted by Crippen LogP contribution is 2.23. The second-order valence-electron chi connectivity index (χ2n) is 9.34. The van der Waals surface area contributed by atoms with Crippen molar-refractivity contribution < 1.29 is 14.4 Å². The van der Waals surface area contributed by atoms with E-state index in [1.807, 2.05) is 68.1 Å². The zero-order valence-electron chi connectivity index (χ0n) is 20.5. The molecule has 1 fully saturated rings. The first kappa shape index (κ1) is 25.5. The summed E-state index contributed by atoms with van der Waals surface area (Å²) in [5, 5.41) is 6.02. The minimum atomic E-state index is -0.621. The standard InChI is InChI=1S/C28H37N3O3/c1-4-21(3)29-28(34)26(30-27(33)24-13-10-20(2)11-14-24)23-16-18-31(19-17-23)25(32)15-12-22-8-6-5-7-9-22/h5-11,13-14,21,23,26H,4,12,15-19H2,1-3H3,(H,29,34)(H,30,33)/t21-,26-/m1/s1. The van der Waals surface area contributed by atoms with Gasteiger partial charge in [-0.2, -0.15) is 0 Å². The van der Waals surface area contributed by atoms with Crippen molar-refractivity contribution in [3.05, 3.63) is 71.3 Å². The molecule has 3 rings (SSSR count). The van der Waals surface area contributed by atoms with Crippen LogP contribution in [0.15, 0.2) is 54.6 Å². The first-order valence-corrected chi connectivity index (χ1v) is 12.4. The molecule has 6 heteroatoms. The summed E-state index contributed by atoms with van der Waals surface area (Å²) in [7, 11) is 0. The van der Waals surface area contributed by atoms with Crippen LogP contribution in [0.3, 0.4) is 0 Å². The van der Waals surface area contributed by atoms with Crippen molar-refractivity contribution in [1.29, 1.82) is 0 Å². The van der Waals surface area contributed by atoms with Crippen molar-refractivity contribution in [2.75, 3.05) is 13.1 Å². The van der Waals surface area contributed by atoms with Gasteiger partial charge in [0.05, 0.1) is 0 Å². The summed E-state index contributed by atoms with van der Waals surface area (Å²) in [4.78, 5) is 40.6. The Morgan fingerprint density at radius 3 is 2.24 bits per heavy atom. The molecule has 1 saturated heterocycles. The predicted octanol–water partition coefficient (Wildman–Crippen LogP) is 3.88. The smallest absolute Gasteiger partial charge is 0.251 e. The average molecular weight is 464 g/mol. The van der Waals surface area contributed by atoms with Gasteiger partial charge >= 0.3 is 0 Å². The van der Waals surface area contributed by atoms with Crippen LogP contribution >= 0.6 is 0 Å². The largest absolute Gasteiger partial charge is 0.352 e. The first-order valence-electron chi connectivity index (χ1n) is 12.4. The van der Waals surface area contributed by atoms with Gasteiger partial charge in [0.25, 0.3) is 5.91 Å². The number of likely N-dealkylation sites (tertiary alicyclic amines) is 1. The van der Waals surface area contributed by atoms with Crippen molar-refractivity contribution in [2.45, 2.75) is 65.0 Å². The molecule has 0 unspecified atom stereocenters. The lowest BCUT2D eigenvalue weighted by atomic mass is 9.88. The van der Waals surface area contributed by atoms with Gasteiger partial charge in [-0.15, -0.1) is 0 Å². The molecule has 6 nitrogen and oxygen atoms in total. The van der Waals surface area contributed by atoms with Gasteiger partial charge in [0.2, 0.25) is 11.8 Å². The average Bonchev–Trinajstić information content (AvgIpc) is 2.86. The van der Waals surface area contributed by atoms with Crippen LogP contribution in [0.2, 0.25) is 0 Å². The maximum atomic E-state index is 13.1. The van der Waals surface area contributed by atoms with E-state index in [4.69, 9.17) is 0 Å². The third kappa shape index (κ3) is 7.17. The van der Waals surface area contributed by atoms with E-state index in [9.17, 15) is 14.4 Å². The molecule has 2 N–H and O–H groups in total. The third-order valence-corrected chi connectivity index (χ3v) is 6.72. The van der Waals surface area contributed by atoms with E-state index >= 15 is 0 Å². The minimum absolute atomic E-state index is 0.0170. The number of carbonyl (C=O) groups is 3. The lowest BCUT2D eigenvalue weighted by Crippen LogP contribution is -2.55. The number of aryl methyl sites for hydroxylation is 2. The molecule has 34 heavy (non-hydrogen) atoms. The van der Waals surface area contributed by atoms with Gasteiger partial charge in [-0.25, -0.2) is 0 Å². The van der Waals surface area contributed by atoms with E-state index < -0.39 is 6.04 Å². The molecule has 3 amide bonds. The van der Waals surface area contributed by atoms with Crippen LogP contribution in [0.25, 0.3) is 0 Å². The monoisotopic (exact) mass is 463 g/mol. The van der Waals surface area contributed by atoms with Crippen LogP contribution in [0.1, 0.15) is 61.0 Å². The predicted molar refractivity (Wildman–Crippen MR) is 134 cm³/mol. The maximum absolute atomic E-state index is 13.1. The van der Waals surface area contributed by atoms with Gasteiger partial charge < -0.3 is 15.5 Å². The van der Waals surface area contributed by atoms with Crippen molar-refractivity contribution in [3.63, 3.8) is 0 Å². The third-order valence-electron chi connectivity index (χ3n) is 6.72. The number of nitrogens with one attached hydrogen (secondary N) is 2. The molecule has 2 aromatic carbocycles. The summed E-state index contributed by atoms with van der Waals surface area (Å²) in [6.07, 6.45) is 3.40. The Morgan fingerprint density at radius 1 is 0.971 bits per heavy atom. The van der Waals surface area contributed by atoms with Crippen molar-refractivity contribution in [2.24, 2.45) is 5.92 Å². The van der Waals surface area contributed by atoms with Gasteiger partial charge in [-0.05, 0) is 63.1 Å². The zero-order valence-corrected chi connectivity index (χ0v) is 20.5. The number of hydrogen-bond donors (Lipinski definition) is 2. The van der Waals surface area contributed by atoms with E-state index in [-0.39, 0.29) is 29.7 Å². The number of rotatable bonds is 9. The number of nitrogens with zero attached hydrogens (tertiary/aromatic N) is 1. The van der Waals surface area contributed by atoms with Gasteiger partial charge in [-0.1, -0.05) is 55.0 Å². The molecule has 2 atom stereocenters. The Morgan fingerprint density at radius 2 is 1.62 bits per heavy atom. The summed E-state index contributed by atoms with van der Waals surface area (Å²) in [6.45, 7) is 7.16. The van der Waals surface area contributed by atoms with Gasteiger partial charge in [0, 0.05) is 31.1 Å². The molecule has 1 heterocycles. The molecular weight excluding hydrogens is 426 g/mol. The van der Waals surface area contributed by atoms with Crippen LogP contribution in [0, 0.1) is 12.8 Å². The van der Waals surface area contributed by atoms with Crippen molar-refractivity contribution in [1.82, 2.24) is 15.5 Å². The Balaban J connectivity index is 1.61. The lowest BCUT2D eigenvalue weighted by molar-refractivity contribution is -0.133. The Labute approximate surface area is 203 Å². The Bertz CT molecular complexity index is 951.